The normalized spacial score (nSPS) is 21.0. The summed E-state index contributed by atoms with van der Waals surface area (Å²) in [6.45, 7) is 3.91. The van der Waals surface area contributed by atoms with E-state index >= 15 is 0 Å². The first-order valence-electron chi connectivity index (χ1n) is 9.03. The number of halogens is 1. The highest BCUT2D eigenvalue weighted by molar-refractivity contribution is 14.0. The van der Waals surface area contributed by atoms with Gasteiger partial charge >= 0.3 is 0 Å². The third-order valence-corrected chi connectivity index (χ3v) is 5.12. The van der Waals surface area contributed by atoms with Gasteiger partial charge in [0.15, 0.2) is 17.4 Å². The second-order valence-corrected chi connectivity index (χ2v) is 6.65. The van der Waals surface area contributed by atoms with Crippen molar-refractivity contribution in [2.75, 3.05) is 13.6 Å². The van der Waals surface area contributed by atoms with E-state index in [0.717, 1.165) is 35.8 Å². The van der Waals surface area contributed by atoms with E-state index in [-0.39, 0.29) is 24.0 Å². The molecule has 0 radical (unpaired) electrons. The Balaban J connectivity index is 0.00000225. The fourth-order valence-electron chi connectivity index (χ4n) is 3.48. The number of hydrogen-bond donors (Lipinski definition) is 2. The molecule has 1 saturated carbocycles. The first-order valence-corrected chi connectivity index (χ1v) is 9.03. The molecule has 0 atom stereocenters. The van der Waals surface area contributed by atoms with Gasteiger partial charge in [-0.3, -0.25) is 9.39 Å². The average Bonchev–Trinajstić information content (AvgIpc) is 3.05. The van der Waals surface area contributed by atoms with Gasteiger partial charge in [-0.15, -0.1) is 34.2 Å². The maximum Gasteiger partial charge on any atom is 0.191 e. The molecule has 1 fully saturated rings. The Hall–Kier alpha value is -1.38. The standard InChI is InChI=1S/C18H28N6.HI/c1-3-14-7-9-15(10-8-14)12-20-18(19-2)21-13-17-23-22-16-6-4-5-11-24(16)17;/h4-6,11,14-15H,3,7-10,12-13H2,1-2H3,(H2,19,20,21);1H. The molecule has 0 amide bonds. The van der Waals surface area contributed by atoms with Gasteiger partial charge in [0, 0.05) is 19.8 Å². The molecule has 2 aromatic rings. The van der Waals surface area contributed by atoms with E-state index in [1.165, 1.54) is 32.1 Å². The second kappa shape index (κ2) is 9.94. The summed E-state index contributed by atoms with van der Waals surface area (Å²) in [6, 6.07) is 5.91. The van der Waals surface area contributed by atoms with Crippen LogP contribution in [0.4, 0.5) is 0 Å². The van der Waals surface area contributed by atoms with Crippen LogP contribution in [0, 0.1) is 11.8 Å². The van der Waals surface area contributed by atoms with Gasteiger partial charge in [0.25, 0.3) is 0 Å². The predicted molar refractivity (Wildman–Crippen MR) is 112 cm³/mol. The van der Waals surface area contributed by atoms with E-state index in [4.69, 9.17) is 0 Å². The molecular weight excluding hydrogens is 427 g/mol. The molecule has 25 heavy (non-hydrogen) atoms. The predicted octanol–water partition coefficient (Wildman–Crippen LogP) is 3.23. The van der Waals surface area contributed by atoms with Gasteiger partial charge in [-0.05, 0) is 36.8 Å². The van der Waals surface area contributed by atoms with E-state index in [9.17, 15) is 0 Å². The van der Waals surface area contributed by atoms with Gasteiger partial charge in [-0.2, -0.15) is 0 Å². The SMILES string of the molecule is CCC1CCC(CNC(=NC)NCc2nnc3ccccn23)CC1.I. The zero-order chi connectivity index (χ0) is 16.8. The van der Waals surface area contributed by atoms with E-state index in [1.54, 1.807) is 0 Å². The topological polar surface area (TPSA) is 66.6 Å². The molecule has 2 N–H and O–H groups in total. The Morgan fingerprint density at radius 1 is 1.16 bits per heavy atom. The van der Waals surface area contributed by atoms with Gasteiger partial charge in [0.1, 0.15) is 0 Å². The molecule has 3 rings (SSSR count). The summed E-state index contributed by atoms with van der Waals surface area (Å²) in [5.74, 6) is 3.43. The number of pyridine rings is 1. The van der Waals surface area contributed by atoms with Gasteiger partial charge in [-0.1, -0.05) is 32.3 Å². The van der Waals surface area contributed by atoms with Crippen LogP contribution in [0.25, 0.3) is 5.65 Å². The van der Waals surface area contributed by atoms with Crippen molar-refractivity contribution in [3.63, 3.8) is 0 Å². The van der Waals surface area contributed by atoms with Crippen molar-refractivity contribution in [1.29, 1.82) is 0 Å². The maximum atomic E-state index is 4.32. The summed E-state index contributed by atoms with van der Waals surface area (Å²) in [4.78, 5) is 4.32. The summed E-state index contributed by atoms with van der Waals surface area (Å²) in [5.41, 5.74) is 0.866. The molecule has 138 valence electrons. The molecule has 1 aliphatic carbocycles. The fourth-order valence-corrected chi connectivity index (χ4v) is 3.48. The third kappa shape index (κ3) is 5.29. The van der Waals surface area contributed by atoms with Crippen molar-refractivity contribution in [2.45, 2.75) is 45.6 Å². The number of rotatable bonds is 5. The van der Waals surface area contributed by atoms with Gasteiger partial charge < -0.3 is 10.6 Å². The highest BCUT2D eigenvalue weighted by atomic mass is 127. The fraction of sp³-hybridized carbons (Fsp3) is 0.611. The summed E-state index contributed by atoms with van der Waals surface area (Å²) >= 11 is 0. The van der Waals surface area contributed by atoms with Crippen molar-refractivity contribution in [2.24, 2.45) is 16.8 Å². The third-order valence-electron chi connectivity index (χ3n) is 5.12. The van der Waals surface area contributed by atoms with Crippen LogP contribution in [0.5, 0.6) is 0 Å². The minimum absolute atomic E-state index is 0. The number of nitrogens with one attached hydrogen (secondary N) is 2. The Bertz CT molecular complexity index is 675. The van der Waals surface area contributed by atoms with Gasteiger partial charge in [0.05, 0.1) is 6.54 Å². The molecule has 0 unspecified atom stereocenters. The molecule has 0 bridgehead atoms. The zero-order valence-corrected chi connectivity index (χ0v) is 17.4. The lowest BCUT2D eigenvalue weighted by atomic mass is 9.81. The Morgan fingerprint density at radius 2 is 1.92 bits per heavy atom. The zero-order valence-electron chi connectivity index (χ0n) is 15.1. The molecule has 0 saturated heterocycles. The summed E-state index contributed by atoms with van der Waals surface area (Å²) in [7, 11) is 1.81. The van der Waals surface area contributed by atoms with Crippen LogP contribution in [0.15, 0.2) is 29.4 Å². The van der Waals surface area contributed by atoms with E-state index < -0.39 is 0 Å². The van der Waals surface area contributed by atoms with Crippen molar-refractivity contribution in [1.82, 2.24) is 25.2 Å². The molecule has 0 aliphatic heterocycles. The Labute approximate surface area is 166 Å². The van der Waals surface area contributed by atoms with E-state index in [0.29, 0.717) is 6.54 Å². The quantitative estimate of drug-likeness (QED) is 0.412. The molecule has 0 spiro atoms. The van der Waals surface area contributed by atoms with E-state index in [2.05, 4.69) is 32.7 Å². The minimum Gasteiger partial charge on any atom is -0.356 e. The van der Waals surface area contributed by atoms with E-state index in [1.807, 2.05) is 35.8 Å². The molecule has 6 nitrogen and oxygen atoms in total. The smallest absolute Gasteiger partial charge is 0.191 e. The molecule has 1 aliphatic rings. The van der Waals surface area contributed by atoms with Crippen LogP contribution in [0.1, 0.15) is 44.9 Å². The second-order valence-electron chi connectivity index (χ2n) is 6.65. The highest BCUT2D eigenvalue weighted by Crippen LogP contribution is 2.29. The Morgan fingerprint density at radius 3 is 2.64 bits per heavy atom. The van der Waals surface area contributed by atoms with Gasteiger partial charge in [0.2, 0.25) is 0 Å². The first-order chi connectivity index (χ1) is 11.8. The number of aliphatic imine (C=N–C) groups is 1. The van der Waals surface area contributed by atoms with Crippen LogP contribution >= 0.6 is 24.0 Å². The first kappa shape index (κ1) is 19.9. The van der Waals surface area contributed by atoms with Crippen molar-refractivity contribution in [3.05, 3.63) is 30.2 Å². The van der Waals surface area contributed by atoms with Crippen LogP contribution in [0.2, 0.25) is 0 Å². The molecule has 0 aromatic carbocycles. The molecule has 2 heterocycles. The lowest BCUT2D eigenvalue weighted by Gasteiger charge is -2.28. The van der Waals surface area contributed by atoms with Crippen LogP contribution in [-0.4, -0.2) is 34.2 Å². The molecule has 7 heteroatoms. The number of guanidine groups is 1. The number of aromatic nitrogens is 3. The summed E-state index contributed by atoms with van der Waals surface area (Å²) < 4.78 is 1.99. The van der Waals surface area contributed by atoms with Crippen LogP contribution in [0.3, 0.4) is 0 Å². The number of nitrogens with zero attached hydrogens (tertiary/aromatic N) is 4. The Kier molecular flexibility index (Phi) is 7.92. The largest absolute Gasteiger partial charge is 0.356 e. The van der Waals surface area contributed by atoms with Crippen LogP contribution < -0.4 is 10.6 Å². The van der Waals surface area contributed by atoms with Crippen LogP contribution in [-0.2, 0) is 6.54 Å². The molecule has 2 aromatic heterocycles. The highest BCUT2D eigenvalue weighted by Gasteiger charge is 2.20. The average molecular weight is 456 g/mol. The maximum absolute atomic E-state index is 4.32. The molecular formula is C18H29IN6. The minimum atomic E-state index is 0. The number of hydrogen-bond acceptors (Lipinski definition) is 3. The monoisotopic (exact) mass is 456 g/mol. The van der Waals surface area contributed by atoms with Gasteiger partial charge in [-0.25, -0.2) is 0 Å². The lowest BCUT2D eigenvalue weighted by Crippen LogP contribution is -2.40. The lowest BCUT2D eigenvalue weighted by molar-refractivity contribution is 0.269. The summed E-state index contributed by atoms with van der Waals surface area (Å²) in [6.07, 6.45) is 8.72. The van der Waals surface area contributed by atoms with Crippen molar-refractivity contribution >= 4 is 35.6 Å². The van der Waals surface area contributed by atoms with Crippen molar-refractivity contribution in [3.8, 4) is 0 Å². The number of fused-ring (bicyclic) bond motifs is 1. The summed E-state index contributed by atoms with van der Waals surface area (Å²) in [5, 5.41) is 15.2. The van der Waals surface area contributed by atoms with Crippen molar-refractivity contribution < 1.29 is 0 Å².